The van der Waals surface area contributed by atoms with Gasteiger partial charge in [-0.05, 0) is 37.1 Å². The molecule has 0 bridgehead atoms. The van der Waals surface area contributed by atoms with Crippen molar-refractivity contribution in [1.29, 1.82) is 0 Å². The molecule has 3 aromatic rings. The predicted molar refractivity (Wildman–Crippen MR) is 121 cm³/mol. The number of anilines is 1. The monoisotopic (exact) mass is 434 g/mol. The van der Waals surface area contributed by atoms with Crippen molar-refractivity contribution in [1.82, 2.24) is 15.3 Å². The Morgan fingerprint density at radius 2 is 2.13 bits per heavy atom. The van der Waals surface area contributed by atoms with Crippen LogP contribution in [-0.2, 0) is 27.9 Å². The van der Waals surface area contributed by atoms with E-state index in [9.17, 15) is 4.79 Å². The predicted octanol–water partition coefficient (Wildman–Crippen LogP) is 3.25. The van der Waals surface area contributed by atoms with Gasteiger partial charge in [0.2, 0.25) is 5.91 Å². The van der Waals surface area contributed by atoms with Crippen LogP contribution in [0.3, 0.4) is 0 Å². The third kappa shape index (κ3) is 4.07. The summed E-state index contributed by atoms with van der Waals surface area (Å²) in [5.74, 6) is -0.0288. The van der Waals surface area contributed by atoms with Crippen LogP contribution in [0.25, 0.3) is 0 Å². The lowest BCUT2D eigenvalue weighted by Gasteiger charge is -2.24. The van der Waals surface area contributed by atoms with Crippen molar-refractivity contribution in [3.8, 4) is 0 Å². The molecule has 1 N–H and O–H groups in total. The number of fused-ring (bicyclic) bond motifs is 2. The van der Waals surface area contributed by atoms with Gasteiger partial charge >= 0.3 is 0 Å². The Hall–Kier alpha value is -2.77. The molecule has 1 amide bonds. The Morgan fingerprint density at radius 1 is 1.26 bits per heavy atom. The van der Waals surface area contributed by atoms with E-state index in [1.807, 2.05) is 25.1 Å². The zero-order valence-corrected chi connectivity index (χ0v) is 18.4. The molecule has 7 heteroatoms. The number of benzene rings is 1. The minimum absolute atomic E-state index is 0.0288. The van der Waals surface area contributed by atoms with Gasteiger partial charge in [-0.15, -0.1) is 11.3 Å². The first-order valence-corrected chi connectivity index (χ1v) is 11.6. The van der Waals surface area contributed by atoms with Crippen LogP contribution in [0.1, 0.15) is 28.4 Å². The molecule has 2 aliphatic rings. The number of hydrogen-bond donors (Lipinski definition) is 1. The third-order valence-electron chi connectivity index (χ3n) is 6.16. The molecule has 2 aromatic heterocycles. The SMILES string of the molecule is Cc1nc(CN2C[C@@]3(CO[C@@H](C(=O)NCCc4ccccn4)C3)c3ccccc32)cs1. The Morgan fingerprint density at radius 3 is 2.94 bits per heavy atom. The van der Waals surface area contributed by atoms with Crippen LogP contribution in [0.2, 0.25) is 0 Å². The van der Waals surface area contributed by atoms with Gasteiger partial charge < -0.3 is 15.0 Å². The zero-order chi connectivity index (χ0) is 21.3. The van der Waals surface area contributed by atoms with Gasteiger partial charge in [-0.2, -0.15) is 0 Å². The Balaban J connectivity index is 1.25. The summed E-state index contributed by atoms with van der Waals surface area (Å²) < 4.78 is 6.05. The first kappa shape index (κ1) is 20.2. The molecular weight excluding hydrogens is 408 g/mol. The molecule has 4 heterocycles. The fourth-order valence-electron chi connectivity index (χ4n) is 4.72. The second kappa shape index (κ2) is 8.40. The van der Waals surface area contributed by atoms with Gasteiger partial charge in [0.05, 0.1) is 23.9 Å². The number of nitrogens with zero attached hydrogens (tertiary/aromatic N) is 3. The van der Waals surface area contributed by atoms with E-state index in [4.69, 9.17) is 4.74 Å². The van der Waals surface area contributed by atoms with E-state index in [1.165, 1.54) is 11.3 Å². The maximum Gasteiger partial charge on any atom is 0.249 e. The highest BCUT2D eigenvalue weighted by atomic mass is 32.1. The summed E-state index contributed by atoms with van der Waals surface area (Å²) >= 11 is 1.68. The van der Waals surface area contributed by atoms with Crippen LogP contribution in [-0.4, -0.2) is 41.7 Å². The highest BCUT2D eigenvalue weighted by Gasteiger charge is 2.50. The fraction of sp³-hybridized carbons (Fsp3) is 0.375. The molecule has 6 nitrogen and oxygen atoms in total. The normalized spacial score (nSPS) is 22.1. The van der Waals surface area contributed by atoms with E-state index in [-0.39, 0.29) is 11.3 Å². The number of amides is 1. The third-order valence-corrected chi connectivity index (χ3v) is 6.99. The number of hydrogen-bond acceptors (Lipinski definition) is 6. The number of carbonyl (C=O) groups is 1. The summed E-state index contributed by atoms with van der Waals surface area (Å²) in [4.78, 5) is 24.1. The van der Waals surface area contributed by atoms with E-state index in [0.717, 1.165) is 29.5 Å². The van der Waals surface area contributed by atoms with E-state index < -0.39 is 6.10 Å². The Kier molecular flexibility index (Phi) is 5.46. The van der Waals surface area contributed by atoms with Gasteiger partial charge in [-0.25, -0.2) is 4.98 Å². The molecule has 160 valence electrons. The quantitative estimate of drug-likeness (QED) is 0.645. The van der Waals surface area contributed by atoms with Gasteiger partial charge in [0.25, 0.3) is 0 Å². The van der Waals surface area contributed by atoms with E-state index >= 15 is 0 Å². The van der Waals surface area contributed by atoms with Crippen LogP contribution in [0.5, 0.6) is 0 Å². The molecule has 1 spiro atoms. The average Bonchev–Trinajstić information content (AvgIpc) is 3.48. The lowest BCUT2D eigenvalue weighted by atomic mass is 9.80. The van der Waals surface area contributed by atoms with Crippen LogP contribution in [0.15, 0.2) is 54.0 Å². The average molecular weight is 435 g/mol. The number of nitrogens with one attached hydrogen (secondary N) is 1. The topological polar surface area (TPSA) is 67.4 Å². The number of ether oxygens (including phenoxy) is 1. The van der Waals surface area contributed by atoms with Crippen LogP contribution in [0.4, 0.5) is 5.69 Å². The summed E-state index contributed by atoms with van der Waals surface area (Å²) in [6.07, 6.45) is 2.77. The number of para-hydroxylation sites is 1. The largest absolute Gasteiger partial charge is 0.367 e. The summed E-state index contributed by atoms with van der Waals surface area (Å²) in [5.41, 5.74) is 4.44. The molecule has 0 unspecified atom stereocenters. The van der Waals surface area contributed by atoms with Gasteiger partial charge in [0, 0.05) is 47.9 Å². The first-order chi connectivity index (χ1) is 15.1. The van der Waals surface area contributed by atoms with Crippen molar-refractivity contribution in [2.24, 2.45) is 0 Å². The Bertz CT molecular complexity index is 1070. The van der Waals surface area contributed by atoms with Gasteiger partial charge in [0.15, 0.2) is 0 Å². The molecule has 0 radical (unpaired) electrons. The van der Waals surface area contributed by atoms with Crippen molar-refractivity contribution < 1.29 is 9.53 Å². The van der Waals surface area contributed by atoms with Crippen molar-refractivity contribution in [2.45, 2.75) is 37.8 Å². The van der Waals surface area contributed by atoms with E-state index in [2.05, 4.69) is 49.8 Å². The number of pyridine rings is 1. The second-order valence-corrected chi connectivity index (χ2v) is 9.44. The van der Waals surface area contributed by atoms with Crippen molar-refractivity contribution >= 4 is 22.9 Å². The smallest absolute Gasteiger partial charge is 0.249 e. The lowest BCUT2D eigenvalue weighted by Crippen LogP contribution is -2.38. The molecule has 31 heavy (non-hydrogen) atoms. The van der Waals surface area contributed by atoms with Crippen molar-refractivity contribution in [2.75, 3.05) is 24.6 Å². The summed E-state index contributed by atoms with van der Waals surface area (Å²) in [7, 11) is 0. The van der Waals surface area contributed by atoms with Crippen LogP contribution >= 0.6 is 11.3 Å². The maximum atomic E-state index is 12.8. The molecule has 5 rings (SSSR count). The minimum atomic E-state index is -0.418. The highest BCUT2D eigenvalue weighted by molar-refractivity contribution is 7.09. The number of carbonyl (C=O) groups excluding carboxylic acids is 1. The molecule has 2 atom stereocenters. The Labute approximate surface area is 186 Å². The molecule has 1 aromatic carbocycles. The number of rotatable bonds is 6. The number of thiazole rings is 1. The standard InChI is InChI=1S/C24H26N4O2S/c1-17-27-19(14-31-17)13-28-15-24(20-7-2-3-8-21(20)28)12-22(30-16-24)23(29)26-11-9-18-6-4-5-10-25-18/h2-8,10,14,22H,9,11-13,15-16H2,1H3,(H,26,29)/t22-,24+/m1/s1. The second-order valence-electron chi connectivity index (χ2n) is 8.38. The molecule has 1 saturated heterocycles. The molecule has 0 aliphatic carbocycles. The number of aromatic nitrogens is 2. The fourth-order valence-corrected chi connectivity index (χ4v) is 5.33. The lowest BCUT2D eigenvalue weighted by molar-refractivity contribution is -0.129. The van der Waals surface area contributed by atoms with Gasteiger partial charge in [0.1, 0.15) is 6.10 Å². The summed E-state index contributed by atoms with van der Waals surface area (Å²) in [6, 6.07) is 14.3. The van der Waals surface area contributed by atoms with Gasteiger partial charge in [-0.1, -0.05) is 24.3 Å². The van der Waals surface area contributed by atoms with Crippen LogP contribution < -0.4 is 10.2 Å². The number of aryl methyl sites for hydroxylation is 1. The van der Waals surface area contributed by atoms with Crippen molar-refractivity contribution in [3.05, 3.63) is 76.0 Å². The molecule has 0 saturated carbocycles. The van der Waals surface area contributed by atoms with Crippen LogP contribution in [0, 0.1) is 6.92 Å². The maximum absolute atomic E-state index is 12.8. The van der Waals surface area contributed by atoms with Crippen molar-refractivity contribution in [3.63, 3.8) is 0 Å². The summed E-state index contributed by atoms with van der Waals surface area (Å²) in [5, 5.41) is 6.25. The minimum Gasteiger partial charge on any atom is -0.367 e. The molecule has 2 aliphatic heterocycles. The molecule has 1 fully saturated rings. The van der Waals surface area contributed by atoms with E-state index in [0.29, 0.717) is 26.0 Å². The van der Waals surface area contributed by atoms with E-state index in [1.54, 1.807) is 17.5 Å². The molecular formula is C24H26N4O2S. The summed E-state index contributed by atoms with van der Waals surface area (Å²) in [6.45, 7) is 4.80. The van der Waals surface area contributed by atoms with Gasteiger partial charge in [-0.3, -0.25) is 9.78 Å². The zero-order valence-electron chi connectivity index (χ0n) is 17.6. The highest BCUT2D eigenvalue weighted by Crippen LogP contribution is 2.47. The first-order valence-electron chi connectivity index (χ1n) is 10.7.